The van der Waals surface area contributed by atoms with Crippen LogP contribution in [0.3, 0.4) is 0 Å². The van der Waals surface area contributed by atoms with Crippen molar-refractivity contribution in [2.45, 2.75) is 71.5 Å². The minimum atomic E-state index is -0.549. The van der Waals surface area contributed by atoms with E-state index in [1.54, 1.807) is 0 Å². The molecule has 0 radical (unpaired) electrons. The van der Waals surface area contributed by atoms with Crippen LogP contribution in [-0.2, 0) is 0 Å². The second kappa shape index (κ2) is 4.24. The Bertz CT molecular complexity index is 289. The van der Waals surface area contributed by atoms with E-state index in [-0.39, 0.29) is 11.5 Å². The maximum Gasteiger partial charge on any atom is 0.0732 e. The summed E-state index contributed by atoms with van der Waals surface area (Å²) in [6, 6.07) is 0. The maximum atomic E-state index is 11.2. The second-order valence-electron chi connectivity index (χ2n) is 7.16. The van der Waals surface area contributed by atoms with E-state index < -0.39 is 5.60 Å². The van der Waals surface area contributed by atoms with Crippen LogP contribution in [0.2, 0.25) is 0 Å². The van der Waals surface area contributed by atoms with Gasteiger partial charge in [-0.1, -0.05) is 27.7 Å². The predicted octanol–water partition coefficient (Wildman–Crippen LogP) is 2.97. The van der Waals surface area contributed by atoms with Crippen molar-refractivity contribution in [3.63, 3.8) is 0 Å². The van der Waals surface area contributed by atoms with Gasteiger partial charge in [0, 0.05) is 0 Å². The number of aliphatic hydroxyl groups is 2. The standard InChI is InChI=1S/C15H28O2/c1-10(2)12-6-7-14(4)9-13(16)11(3)5-8-15(12,14)17/h10-13,16-17H,5-9H2,1-4H3/t11-,12+,13+,14+,15-/m0/s1. The molecule has 0 aromatic heterocycles. The summed E-state index contributed by atoms with van der Waals surface area (Å²) in [6.45, 7) is 8.75. The van der Waals surface area contributed by atoms with Gasteiger partial charge in [-0.25, -0.2) is 0 Å². The van der Waals surface area contributed by atoms with Crippen LogP contribution in [0.1, 0.15) is 59.8 Å². The molecule has 0 amide bonds. The van der Waals surface area contributed by atoms with E-state index >= 15 is 0 Å². The summed E-state index contributed by atoms with van der Waals surface area (Å²) in [4.78, 5) is 0. The highest BCUT2D eigenvalue weighted by Gasteiger charge is 2.58. The highest BCUT2D eigenvalue weighted by atomic mass is 16.3. The fourth-order valence-corrected chi connectivity index (χ4v) is 4.33. The van der Waals surface area contributed by atoms with Gasteiger partial charge in [-0.05, 0) is 55.3 Å². The van der Waals surface area contributed by atoms with Crippen molar-refractivity contribution >= 4 is 0 Å². The van der Waals surface area contributed by atoms with Crippen LogP contribution in [0.15, 0.2) is 0 Å². The summed E-state index contributed by atoms with van der Waals surface area (Å²) >= 11 is 0. The molecule has 2 rings (SSSR count). The summed E-state index contributed by atoms with van der Waals surface area (Å²) in [6.07, 6.45) is 4.54. The molecule has 2 aliphatic rings. The molecule has 5 atom stereocenters. The lowest BCUT2D eigenvalue weighted by atomic mass is 9.67. The third-order valence-corrected chi connectivity index (χ3v) is 5.77. The second-order valence-corrected chi connectivity index (χ2v) is 7.16. The van der Waals surface area contributed by atoms with Crippen molar-refractivity contribution < 1.29 is 10.2 Å². The highest BCUT2D eigenvalue weighted by Crippen LogP contribution is 2.58. The van der Waals surface area contributed by atoms with E-state index in [4.69, 9.17) is 0 Å². The van der Waals surface area contributed by atoms with E-state index in [2.05, 4.69) is 27.7 Å². The number of rotatable bonds is 1. The van der Waals surface area contributed by atoms with E-state index in [9.17, 15) is 10.2 Å². The Morgan fingerprint density at radius 2 is 1.82 bits per heavy atom. The molecule has 2 saturated carbocycles. The third-order valence-electron chi connectivity index (χ3n) is 5.77. The minimum Gasteiger partial charge on any atom is -0.393 e. The topological polar surface area (TPSA) is 40.5 Å². The molecule has 0 aliphatic heterocycles. The average Bonchev–Trinajstić information content (AvgIpc) is 2.44. The van der Waals surface area contributed by atoms with Crippen LogP contribution in [0.4, 0.5) is 0 Å². The first-order valence-electron chi connectivity index (χ1n) is 7.20. The highest BCUT2D eigenvalue weighted by molar-refractivity contribution is 5.09. The van der Waals surface area contributed by atoms with Crippen molar-refractivity contribution in [2.24, 2.45) is 23.2 Å². The molecular formula is C15H28O2. The van der Waals surface area contributed by atoms with Gasteiger partial charge >= 0.3 is 0 Å². The molecule has 0 saturated heterocycles. The van der Waals surface area contributed by atoms with Gasteiger partial charge < -0.3 is 10.2 Å². The Balaban J connectivity index is 2.31. The molecule has 17 heavy (non-hydrogen) atoms. The molecule has 0 bridgehead atoms. The molecule has 0 unspecified atom stereocenters. The summed E-state index contributed by atoms with van der Waals surface area (Å²) < 4.78 is 0. The zero-order valence-electron chi connectivity index (χ0n) is 11.7. The van der Waals surface area contributed by atoms with Crippen molar-refractivity contribution in [1.82, 2.24) is 0 Å². The van der Waals surface area contributed by atoms with Crippen LogP contribution in [0.25, 0.3) is 0 Å². The summed E-state index contributed by atoms with van der Waals surface area (Å²) in [5, 5.41) is 21.4. The van der Waals surface area contributed by atoms with Crippen LogP contribution in [-0.4, -0.2) is 21.9 Å². The zero-order chi connectivity index (χ0) is 12.8. The third kappa shape index (κ3) is 1.94. The molecular weight excluding hydrogens is 212 g/mol. The van der Waals surface area contributed by atoms with Gasteiger partial charge in [0.25, 0.3) is 0 Å². The first kappa shape index (κ1) is 13.4. The lowest BCUT2D eigenvalue weighted by Crippen LogP contribution is -2.48. The smallest absolute Gasteiger partial charge is 0.0732 e. The lowest BCUT2D eigenvalue weighted by Gasteiger charge is -2.43. The molecule has 0 spiro atoms. The number of fused-ring (bicyclic) bond motifs is 1. The molecule has 2 heteroatoms. The summed E-state index contributed by atoms with van der Waals surface area (Å²) in [5.74, 6) is 1.27. The fourth-order valence-electron chi connectivity index (χ4n) is 4.33. The molecule has 2 nitrogen and oxygen atoms in total. The number of hydrogen-bond donors (Lipinski definition) is 2. The van der Waals surface area contributed by atoms with Gasteiger partial charge in [0.05, 0.1) is 11.7 Å². The van der Waals surface area contributed by atoms with E-state index in [1.807, 2.05) is 0 Å². The average molecular weight is 240 g/mol. The first-order valence-corrected chi connectivity index (χ1v) is 7.20. The minimum absolute atomic E-state index is 0.0773. The number of aliphatic hydroxyl groups excluding tert-OH is 1. The fraction of sp³-hybridized carbons (Fsp3) is 1.00. The summed E-state index contributed by atoms with van der Waals surface area (Å²) in [5.41, 5.74) is -0.626. The SMILES string of the molecule is CC(C)[C@H]1CC[C@]2(C)C[C@@H](O)[C@@H](C)CC[C@]12O. The van der Waals surface area contributed by atoms with Gasteiger partial charge in [0.15, 0.2) is 0 Å². The van der Waals surface area contributed by atoms with E-state index in [0.717, 1.165) is 32.1 Å². The molecule has 100 valence electrons. The van der Waals surface area contributed by atoms with Gasteiger partial charge in [0.2, 0.25) is 0 Å². The molecule has 0 aromatic rings. The van der Waals surface area contributed by atoms with Crippen molar-refractivity contribution in [3.05, 3.63) is 0 Å². The summed E-state index contributed by atoms with van der Waals surface area (Å²) in [7, 11) is 0. The van der Waals surface area contributed by atoms with E-state index in [0.29, 0.717) is 17.8 Å². The Hall–Kier alpha value is -0.0800. The number of hydrogen-bond acceptors (Lipinski definition) is 2. The Morgan fingerprint density at radius 1 is 1.18 bits per heavy atom. The van der Waals surface area contributed by atoms with Crippen LogP contribution < -0.4 is 0 Å². The van der Waals surface area contributed by atoms with Gasteiger partial charge in [-0.2, -0.15) is 0 Å². The van der Waals surface area contributed by atoms with Gasteiger partial charge in [-0.15, -0.1) is 0 Å². The van der Waals surface area contributed by atoms with Gasteiger partial charge in [0.1, 0.15) is 0 Å². The van der Waals surface area contributed by atoms with Crippen LogP contribution >= 0.6 is 0 Å². The molecule has 0 heterocycles. The van der Waals surface area contributed by atoms with Gasteiger partial charge in [-0.3, -0.25) is 0 Å². The predicted molar refractivity (Wildman–Crippen MR) is 69.6 cm³/mol. The normalized spacial score (nSPS) is 51.4. The van der Waals surface area contributed by atoms with Crippen molar-refractivity contribution in [1.29, 1.82) is 0 Å². The quantitative estimate of drug-likeness (QED) is 0.740. The van der Waals surface area contributed by atoms with E-state index in [1.165, 1.54) is 0 Å². The van der Waals surface area contributed by atoms with Crippen LogP contribution in [0, 0.1) is 23.2 Å². The maximum absolute atomic E-state index is 11.2. The van der Waals surface area contributed by atoms with Crippen LogP contribution in [0.5, 0.6) is 0 Å². The zero-order valence-corrected chi connectivity index (χ0v) is 11.7. The Kier molecular flexibility index (Phi) is 3.33. The largest absolute Gasteiger partial charge is 0.393 e. The Labute approximate surface area is 105 Å². The molecule has 0 aromatic carbocycles. The Morgan fingerprint density at radius 3 is 2.41 bits per heavy atom. The van der Waals surface area contributed by atoms with Crippen molar-refractivity contribution in [3.8, 4) is 0 Å². The molecule has 2 fully saturated rings. The monoisotopic (exact) mass is 240 g/mol. The lowest BCUT2D eigenvalue weighted by molar-refractivity contribution is -0.105. The molecule has 2 aliphatic carbocycles. The van der Waals surface area contributed by atoms with Crippen molar-refractivity contribution in [2.75, 3.05) is 0 Å². The first-order chi connectivity index (χ1) is 7.80. The molecule has 2 N–H and O–H groups in total.